The maximum atomic E-state index is 12.1. The molecule has 0 radical (unpaired) electrons. The highest BCUT2D eigenvalue weighted by atomic mass is 16.2. The van der Waals surface area contributed by atoms with E-state index in [0.717, 1.165) is 37.9 Å². The number of urea groups is 1. The molecule has 1 fully saturated rings. The fourth-order valence-corrected chi connectivity index (χ4v) is 3.63. The largest absolute Gasteiger partial charge is 0.334 e. The van der Waals surface area contributed by atoms with E-state index in [-0.39, 0.29) is 5.91 Å². The van der Waals surface area contributed by atoms with E-state index in [4.69, 9.17) is 0 Å². The van der Waals surface area contributed by atoms with Gasteiger partial charge in [-0.2, -0.15) is 0 Å². The van der Waals surface area contributed by atoms with Crippen molar-refractivity contribution in [1.82, 2.24) is 10.6 Å². The van der Waals surface area contributed by atoms with Crippen LogP contribution < -0.4 is 15.5 Å². The van der Waals surface area contributed by atoms with Crippen LogP contribution in [0, 0.1) is 5.92 Å². The average Bonchev–Trinajstić information content (AvgIpc) is 2.69. The molecule has 5 nitrogen and oxygen atoms in total. The molecule has 3 N–H and O–H groups in total. The lowest BCUT2D eigenvalue weighted by atomic mass is 9.90. The number of hydrogen-bond donors (Lipinski definition) is 3. The second-order valence-corrected chi connectivity index (χ2v) is 7.28. The van der Waals surface area contributed by atoms with Crippen LogP contribution in [-0.2, 0) is 17.8 Å². The first-order valence-electron chi connectivity index (χ1n) is 9.68. The molecule has 0 bridgehead atoms. The molecule has 5 heteroatoms. The predicted molar refractivity (Wildman–Crippen MR) is 105 cm³/mol. The van der Waals surface area contributed by atoms with Crippen molar-refractivity contribution in [3.05, 3.63) is 71.8 Å². The number of imide groups is 1. The molecule has 0 spiro atoms. The summed E-state index contributed by atoms with van der Waals surface area (Å²) < 4.78 is 0. The van der Waals surface area contributed by atoms with Gasteiger partial charge in [-0.1, -0.05) is 60.7 Å². The number of hydrogen-bond acceptors (Lipinski definition) is 2. The maximum Gasteiger partial charge on any atom is 0.321 e. The lowest BCUT2D eigenvalue weighted by Gasteiger charge is -2.28. The van der Waals surface area contributed by atoms with Gasteiger partial charge in [-0.3, -0.25) is 10.1 Å². The normalized spacial score (nSPS) is 19.3. The molecule has 1 heterocycles. The van der Waals surface area contributed by atoms with Crippen molar-refractivity contribution in [2.75, 3.05) is 19.6 Å². The summed E-state index contributed by atoms with van der Waals surface area (Å²) in [6.07, 6.45) is 3.36. The van der Waals surface area contributed by atoms with E-state index >= 15 is 0 Å². The Morgan fingerprint density at radius 3 is 2.11 bits per heavy atom. The Morgan fingerprint density at radius 2 is 1.48 bits per heavy atom. The zero-order chi connectivity index (χ0) is 18.9. The Kier molecular flexibility index (Phi) is 6.99. The van der Waals surface area contributed by atoms with Crippen molar-refractivity contribution in [3.8, 4) is 0 Å². The summed E-state index contributed by atoms with van der Waals surface area (Å²) >= 11 is 0. The van der Waals surface area contributed by atoms with Crippen LogP contribution in [0.25, 0.3) is 0 Å². The summed E-state index contributed by atoms with van der Waals surface area (Å²) in [5.41, 5.74) is 2.39. The summed E-state index contributed by atoms with van der Waals surface area (Å²) in [5.74, 6) is 0.477. The van der Waals surface area contributed by atoms with E-state index in [1.807, 2.05) is 36.4 Å². The molecule has 0 aliphatic carbocycles. The number of rotatable bonds is 6. The van der Waals surface area contributed by atoms with E-state index in [0.29, 0.717) is 19.0 Å². The summed E-state index contributed by atoms with van der Waals surface area (Å²) in [7, 11) is 0. The molecule has 1 saturated heterocycles. The molecule has 1 aliphatic heterocycles. The highest BCUT2D eigenvalue weighted by Crippen LogP contribution is 2.16. The van der Waals surface area contributed by atoms with Crippen molar-refractivity contribution >= 4 is 11.9 Å². The second kappa shape index (κ2) is 9.88. The molecule has 0 saturated carbocycles. The molecular weight excluding hydrogens is 338 g/mol. The number of carbonyl (C=O) groups is 2. The van der Waals surface area contributed by atoms with Gasteiger partial charge in [0.25, 0.3) is 5.91 Å². The minimum absolute atomic E-state index is 0.211. The minimum atomic E-state index is -0.429. The van der Waals surface area contributed by atoms with Gasteiger partial charge in [-0.05, 0) is 36.3 Å². The van der Waals surface area contributed by atoms with Crippen LogP contribution in [0.5, 0.6) is 0 Å². The van der Waals surface area contributed by atoms with Crippen LogP contribution in [0.3, 0.4) is 0 Å². The molecule has 142 valence electrons. The SMILES string of the molecule is O=C(C[NH+]1CCC(Cc2ccccc2)CC1)NC(=O)NCc1ccccc1. The van der Waals surface area contributed by atoms with Crippen LogP contribution in [0.1, 0.15) is 24.0 Å². The predicted octanol–water partition coefficient (Wildman–Crippen LogP) is 1.55. The molecule has 3 amide bonds. The molecule has 2 aromatic carbocycles. The van der Waals surface area contributed by atoms with Gasteiger partial charge in [-0.25, -0.2) is 4.79 Å². The van der Waals surface area contributed by atoms with E-state index in [1.54, 1.807) is 0 Å². The van der Waals surface area contributed by atoms with Crippen LogP contribution in [-0.4, -0.2) is 31.6 Å². The van der Waals surface area contributed by atoms with E-state index in [9.17, 15) is 9.59 Å². The van der Waals surface area contributed by atoms with Gasteiger partial charge in [0.2, 0.25) is 0 Å². The molecule has 2 aromatic rings. The Morgan fingerprint density at radius 1 is 0.889 bits per heavy atom. The Balaban J connectivity index is 1.33. The third-order valence-electron chi connectivity index (χ3n) is 5.14. The van der Waals surface area contributed by atoms with Gasteiger partial charge in [0.1, 0.15) is 0 Å². The fraction of sp³-hybridized carbons (Fsp3) is 0.364. The van der Waals surface area contributed by atoms with Gasteiger partial charge < -0.3 is 10.2 Å². The maximum absolute atomic E-state index is 12.1. The first kappa shape index (κ1) is 19.1. The highest BCUT2D eigenvalue weighted by Gasteiger charge is 2.24. The smallest absolute Gasteiger partial charge is 0.321 e. The van der Waals surface area contributed by atoms with E-state index in [2.05, 4.69) is 34.9 Å². The number of benzene rings is 2. The summed E-state index contributed by atoms with van der Waals surface area (Å²) in [4.78, 5) is 25.2. The first-order chi connectivity index (χ1) is 13.2. The molecular formula is C22H28N3O2+. The first-order valence-corrected chi connectivity index (χ1v) is 9.68. The summed E-state index contributed by atoms with van der Waals surface area (Å²) in [6, 6.07) is 19.8. The van der Waals surface area contributed by atoms with Crippen molar-refractivity contribution in [2.24, 2.45) is 5.92 Å². The second-order valence-electron chi connectivity index (χ2n) is 7.28. The molecule has 0 unspecified atom stereocenters. The Bertz CT molecular complexity index is 726. The average molecular weight is 366 g/mol. The molecule has 1 aliphatic rings. The third kappa shape index (κ3) is 6.53. The number of nitrogens with one attached hydrogen (secondary N) is 3. The minimum Gasteiger partial charge on any atom is -0.334 e. The quantitative estimate of drug-likeness (QED) is 0.726. The lowest BCUT2D eigenvalue weighted by Crippen LogP contribution is -3.14. The number of piperidine rings is 1. The number of carbonyl (C=O) groups excluding carboxylic acids is 2. The van der Waals surface area contributed by atoms with Crippen molar-refractivity contribution in [3.63, 3.8) is 0 Å². The van der Waals surface area contributed by atoms with Crippen molar-refractivity contribution in [2.45, 2.75) is 25.8 Å². The Hall–Kier alpha value is -2.66. The summed E-state index contributed by atoms with van der Waals surface area (Å²) in [5, 5.41) is 5.16. The molecule has 3 rings (SSSR count). The fourth-order valence-electron chi connectivity index (χ4n) is 3.63. The number of amides is 3. The zero-order valence-electron chi connectivity index (χ0n) is 15.6. The van der Waals surface area contributed by atoms with Gasteiger partial charge in [0.15, 0.2) is 6.54 Å². The van der Waals surface area contributed by atoms with Crippen LogP contribution in [0.2, 0.25) is 0 Å². The standard InChI is InChI=1S/C22H27N3O2/c26-21(24-22(27)23-16-20-9-5-2-6-10-20)17-25-13-11-19(12-14-25)15-18-7-3-1-4-8-18/h1-10,19H,11-17H2,(H2,23,24,26,27)/p+1. The van der Waals surface area contributed by atoms with Crippen molar-refractivity contribution in [1.29, 1.82) is 0 Å². The molecule has 0 atom stereocenters. The van der Waals surface area contributed by atoms with Crippen LogP contribution in [0.4, 0.5) is 4.79 Å². The van der Waals surface area contributed by atoms with Gasteiger partial charge in [0, 0.05) is 6.54 Å². The van der Waals surface area contributed by atoms with Gasteiger partial charge in [0.05, 0.1) is 13.1 Å². The van der Waals surface area contributed by atoms with E-state index < -0.39 is 6.03 Å². The lowest BCUT2D eigenvalue weighted by molar-refractivity contribution is -0.898. The topological polar surface area (TPSA) is 62.6 Å². The molecule has 27 heavy (non-hydrogen) atoms. The highest BCUT2D eigenvalue weighted by molar-refractivity contribution is 5.94. The van der Waals surface area contributed by atoms with Crippen molar-refractivity contribution < 1.29 is 14.5 Å². The number of quaternary nitrogens is 1. The molecule has 0 aromatic heterocycles. The zero-order valence-corrected chi connectivity index (χ0v) is 15.6. The van der Waals surface area contributed by atoms with Gasteiger partial charge in [-0.15, -0.1) is 0 Å². The van der Waals surface area contributed by atoms with Crippen LogP contribution >= 0.6 is 0 Å². The van der Waals surface area contributed by atoms with Crippen LogP contribution in [0.15, 0.2) is 60.7 Å². The third-order valence-corrected chi connectivity index (χ3v) is 5.14. The Labute approximate surface area is 160 Å². The monoisotopic (exact) mass is 366 g/mol. The van der Waals surface area contributed by atoms with Gasteiger partial charge >= 0.3 is 6.03 Å². The van der Waals surface area contributed by atoms with E-state index in [1.165, 1.54) is 10.5 Å². The summed E-state index contributed by atoms with van der Waals surface area (Å²) in [6.45, 7) is 2.74. The number of likely N-dealkylation sites (tertiary alicyclic amines) is 1.